The summed E-state index contributed by atoms with van der Waals surface area (Å²) in [6, 6.07) is 11.4. The van der Waals surface area contributed by atoms with E-state index in [4.69, 9.17) is 5.73 Å². The van der Waals surface area contributed by atoms with Gasteiger partial charge >= 0.3 is 0 Å². The summed E-state index contributed by atoms with van der Waals surface area (Å²) in [6.07, 6.45) is 0.803. The molecule has 2 N–H and O–H groups in total. The molecule has 2 aromatic rings. The van der Waals surface area contributed by atoms with Crippen LogP contribution < -0.4 is 5.73 Å². The van der Waals surface area contributed by atoms with E-state index in [9.17, 15) is 4.79 Å². The normalized spacial score (nSPS) is 9.43. The Kier molecular flexibility index (Phi) is 3.10. The summed E-state index contributed by atoms with van der Waals surface area (Å²) >= 11 is 0. The van der Waals surface area contributed by atoms with Gasteiger partial charge in [-0.25, -0.2) is 0 Å². The number of anilines is 1. The van der Waals surface area contributed by atoms with Crippen molar-refractivity contribution in [1.29, 1.82) is 0 Å². The van der Waals surface area contributed by atoms with Crippen LogP contribution in [0.2, 0.25) is 0 Å². The van der Waals surface area contributed by atoms with Crippen molar-refractivity contribution in [2.24, 2.45) is 0 Å². The Hall–Kier alpha value is -1.54. The molecule has 0 heterocycles. The van der Waals surface area contributed by atoms with E-state index >= 15 is 0 Å². The van der Waals surface area contributed by atoms with E-state index in [0.717, 1.165) is 17.1 Å². The Labute approximate surface area is 88.1 Å². The average molecular weight is 208 g/mol. The van der Waals surface area contributed by atoms with E-state index < -0.39 is 0 Å². The highest BCUT2D eigenvalue weighted by atomic mass is 35.5. The summed E-state index contributed by atoms with van der Waals surface area (Å²) in [4.78, 5) is 10.8. The lowest BCUT2D eigenvalue weighted by molar-refractivity contribution is 0.112. The number of hydrogen-bond acceptors (Lipinski definition) is 2. The first-order valence-electron chi connectivity index (χ1n) is 4.05. The zero-order valence-electron chi connectivity index (χ0n) is 7.44. The minimum atomic E-state index is 0. The van der Waals surface area contributed by atoms with Gasteiger partial charge in [-0.3, -0.25) is 4.79 Å². The molecular weight excluding hydrogens is 198 g/mol. The molecule has 14 heavy (non-hydrogen) atoms. The second-order valence-corrected chi connectivity index (χ2v) is 2.91. The van der Waals surface area contributed by atoms with Crippen LogP contribution in [0.5, 0.6) is 0 Å². The van der Waals surface area contributed by atoms with Gasteiger partial charge in [0.15, 0.2) is 6.29 Å². The first-order chi connectivity index (χ1) is 6.33. The number of carbonyl (C=O) groups excluding carboxylic acids is 1. The van der Waals surface area contributed by atoms with Crippen LogP contribution in [0.1, 0.15) is 10.4 Å². The minimum absolute atomic E-state index is 0. The third-order valence-corrected chi connectivity index (χ3v) is 2.12. The van der Waals surface area contributed by atoms with E-state index in [-0.39, 0.29) is 12.4 Å². The molecule has 0 radical (unpaired) electrons. The monoisotopic (exact) mass is 207 g/mol. The molecule has 0 aliphatic rings. The van der Waals surface area contributed by atoms with Crippen molar-refractivity contribution < 1.29 is 4.79 Å². The van der Waals surface area contributed by atoms with E-state index in [2.05, 4.69) is 0 Å². The molecule has 0 spiro atoms. The maximum Gasteiger partial charge on any atom is 0.152 e. The van der Waals surface area contributed by atoms with Crippen molar-refractivity contribution in [3.8, 4) is 0 Å². The number of benzene rings is 2. The Balaban J connectivity index is 0.000000980. The Bertz CT molecular complexity index is 468. The quantitative estimate of drug-likeness (QED) is 0.577. The number of nitrogen functional groups attached to an aromatic ring is 1. The Morgan fingerprint density at radius 1 is 1.07 bits per heavy atom. The lowest BCUT2D eigenvalue weighted by Gasteiger charge is -2.02. The SMILES string of the molecule is Cl.Nc1ccc2ccccc2c1C=O. The fourth-order valence-corrected chi connectivity index (χ4v) is 1.44. The van der Waals surface area contributed by atoms with Gasteiger partial charge in [-0.15, -0.1) is 12.4 Å². The van der Waals surface area contributed by atoms with Gasteiger partial charge in [-0.2, -0.15) is 0 Å². The van der Waals surface area contributed by atoms with E-state index in [0.29, 0.717) is 11.3 Å². The van der Waals surface area contributed by atoms with Gasteiger partial charge in [0.2, 0.25) is 0 Å². The van der Waals surface area contributed by atoms with Crippen LogP contribution in [0.3, 0.4) is 0 Å². The number of nitrogens with two attached hydrogens (primary N) is 1. The summed E-state index contributed by atoms with van der Waals surface area (Å²) in [6.45, 7) is 0. The van der Waals surface area contributed by atoms with Crippen molar-refractivity contribution in [1.82, 2.24) is 0 Å². The molecule has 0 atom stereocenters. The highest BCUT2D eigenvalue weighted by molar-refractivity contribution is 6.02. The van der Waals surface area contributed by atoms with Crippen LogP contribution in [0.4, 0.5) is 5.69 Å². The number of fused-ring (bicyclic) bond motifs is 1. The average Bonchev–Trinajstić information content (AvgIpc) is 2.18. The first-order valence-corrected chi connectivity index (χ1v) is 4.05. The van der Waals surface area contributed by atoms with Crippen molar-refractivity contribution in [2.75, 3.05) is 5.73 Å². The Morgan fingerprint density at radius 3 is 2.50 bits per heavy atom. The molecule has 2 rings (SSSR count). The number of aldehydes is 1. The van der Waals surface area contributed by atoms with Gasteiger partial charge in [-0.05, 0) is 16.8 Å². The molecule has 0 amide bonds. The third-order valence-electron chi connectivity index (χ3n) is 2.12. The molecule has 0 saturated carbocycles. The summed E-state index contributed by atoms with van der Waals surface area (Å²) in [7, 11) is 0. The van der Waals surface area contributed by atoms with E-state index in [1.807, 2.05) is 30.3 Å². The van der Waals surface area contributed by atoms with Gasteiger partial charge in [0.1, 0.15) is 0 Å². The molecule has 0 saturated heterocycles. The molecule has 0 fully saturated rings. The van der Waals surface area contributed by atoms with Crippen LogP contribution >= 0.6 is 12.4 Å². The summed E-state index contributed by atoms with van der Waals surface area (Å²) < 4.78 is 0. The lowest BCUT2D eigenvalue weighted by atomic mass is 10.0. The molecule has 0 aromatic heterocycles. The van der Waals surface area contributed by atoms with Gasteiger partial charge < -0.3 is 5.73 Å². The van der Waals surface area contributed by atoms with E-state index in [1.54, 1.807) is 6.07 Å². The molecule has 0 unspecified atom stereocenters. The number of hydrogen-bond donors (Lipinski definition) is 1. The van der Waals surface area contributed by atoms with Crippen molar-refractivity contribution in [3.05, 3.63) is 42.0 Å². The summed E-state index contributed by atoms with van der Waals surface area (Å²) in [5, 5.41) is 1.95. The molecule has 72 valence electrons. The van der Waals surface area contributed by atoms with Crippen molar-refractivity contribution in [3.63, 3.8) is 0 Å². The summed E-state index contributed by atoms with van der Waals surface area (Å²) in [5.74, 6) is 0. The van der Waals surface area contributed by atoms with E-state index in [1.165, 1.54) is 0 Å². The number of halogens is 1. The predicted octanol–water partition coefficient (Wildman–Crippen LogP) is 2.66. The maximum atomic E-state index is 10.8. The molecule has 2 aromatic carbocycles. The first kappa shape index (κ1) is 10.5. The zero-order chi connectivity index (χ0) is 9.26. The van der Waals surface area contributed by atoms with Crippen molar-refractivity contribution >= 4 is 35.2 Å². The maximum absolute atomic E-state index is 10.8. The van der Waals surface area contributed by atoms with Gasteiger partial charge in [0.25, 0.3) is 0 Å². The molecule has 2 nitrogen and oxygen atoms in total. The second kappa shape index (κ2) is 4.11. The zero-order valence-corrected chi connectivity index (χ0v) is 8.25. The van der Waals surface area contributed by atoms with Gasteiger partial charge in [-0.1, -0.05) is 30.3 Å². The molecule has 0 bridgehead atoms. The minimum Gasteiger partial charge on any atom is -0.398 e. The highest BCUT2D eigenvalue weighted by Crippen LogP contribution is 2.22. The van der Waals surface area contributed by atoms with Gasteiger partial charge in [0, 0.05) is 11.3 Å². The topological polar surface area (TPSA) is 43.1 Å². The van der Waals surface area contributed by atoms with Crippen molar-refractivity contribution in [2.45, 2.75) is 0 Å². The fourth-order valence-electron chi connectivity index (χ4n) is 1.44. The Morgan fingerprint density at radius 2 is 1.79 bits per heavy atom. The van der Waals surface area contributed by atoms with Crippen LogP contribution in [0.25, 0.3) is 10.8 Å². The second-order valence-electron chi connectivity index (χ2n) is 2.91. The standard InChI is InChI=1S/C11H9NO.ClH/c12-11-6-5-8-3-1-2-4-9(8)10(11)7-13;/h1-7H,12H2;1H. The molecular formula is C11H10ClNO. The number of carbonyl (C=O) groups is 1. The molecule has 0 aliphatic carbocycles. The smallest absolute Gasteiger partial charge is 0.152 e. The van der Waals surface area contributed by atoms with Crippen LogP contribution in [0.15, 0.2) is 36.4 Å². The lowest BCUT2D eigenvalue weighted by Crippen LogP contribution is -1.93. The number of rotatable bonds is 1. The van der Waals surface area contributed by atoms with Gasteiger partial charge in [0.05, 0.1) is 0 Å². The molecule has 0 aliphatic heterocycles. The van der Waals surface area contributed by atoms with Crippen LogP contribution in [-0.4, -0.2) is 6.29 Å². The fraction of sp³-hybridized carbons (Fsp3) is 0. The highest BCUT2D eigenvalue weighted by Gasteiger charge is 2.02. The summed E-state index contributed by atoms with van der Waals surface area (Å²) in [5.41, 5.74) is 6.78. The molecule has 3 heteroatoms. The van der Waals surface area contributed by atoms with Crippen LogP contribution in [-0.2, 0) is 0 Å². The van der Waals surface area contributed by atoms with Crippen LogP contribution in [0, 0.1) is 0 Å². The largest absolute Gasteiger partial charge is 0.398 e. The third kappa shape index (κ3) is 1.56. The predicted molar refractivity (Wildman–Crippen MR) is 61.0 cm³/mol.